The molecule has 0 amide bonds. The average molecular weight is 234 g/mol. The van der Waals surface area contributed by atoms with Crippen molar-refractivity contribution in [2.75, 3.05) is 12.3 Å². The molecule has 0 unspecified atom stereocenters. The van der Waals surface area contributed by atoms with Crippen molar-refractivity contribution in [2.24, 2.45) is 0 Å². The van der Waals surface area contributed by atoms with Gasteiger partial charge in [-0.2, -0.15) is 4.98 Å². The summed E-state index contributed by atoms with van der Waals surface area (Å²) in [4.78, 5) is 19.2. The lowest BCUT2D eigenvalue weighted by molar-refractivity contribution is 0.0508. The van der Waals surface area contributed by atoms with Gasteiger partial charge < -0.3 is 15.0 Å². The van der Waals surface area contributed by atoms with Crippen molar-refractivity contribution in [2.45, 2.75) is 6.92 Å². The normalized spacial score (nSPS) is 10.2. The third kappa shape index (κ3) is 2.39. The van der Waals surface area contributed by atoms with Crippen LogP contribution in [0.5, 0.6) is 0 Å². The molecule has 2 rings (SSSR count). The SMILES string of the molecule is CCOC(=O)c1noc(-c2ccc(N)cn2)n1. The number of ether oxygens (including phenoxy) is 1. The number of nitrogen functional groups attached to an aromatic ring is 1. The van der Waals surface area contributed by atoms with Crippen molar-refractivity contribution in [3.05, 3.63) is 24.2 Å². The monoisotopic (exact) mass is 234 g/mol. The van der Waals surface area contributed by atoms with E-state index in [2.05, 4.69) is 15.1 Å². The number of carbonyl (C=O) groups is 1. The Hall–Kier alpha value is -2.44. The molecule has 0 saturated carbocycles. The topological polar surface area (TPSA) is 104 Å². The van der Waals surface area contributed by atoms with Crippen LogP contribution in [0.1, 0.15) is 17.5 Å². The van der Waals surface area contributed by atoms with Gasteiger partial charge in [-0.25, -0.2) is 9.78 Å². The van der Waals surface area contributed by atoms with Crippen LogP contribution in [0.2, 0.25) is 0 Å². The summed E-state index contributed by atoms with van der Waals surface area (Å²) in [5, 5.41) is 3.50. The maximum Gasteiger partial charge on any atom is 0.379 e. The molecule has 0 spiro atoms. The van der Waals surface area contributed by atoms with E-state index >= 15 is 0 Å². The van der Waals surface area contributed by atoms with E-state index in [0.29, 0.717) is 11.4 Å². The van der Waals surface area contributed by atoms with Gasteiger partial charge in [0.05, 0.1) is 18.5 Å². The van der Waals surface area contributed by atoms with Gasteiger partial charge in [0.1, 0.15) is 5.69 Å². The molecule has 0 aliphatic heterocycles. The second kappa shape index (κ2) is 4.60. The molecule has 0 bridgehead atoms. The van der Waals surface area contributed by atoms with Crippen LogP contribution in [0.15, 0.2) is 22.9 Å². The third-order valence-corrected chi connectivity index (χ3v) is 1.89. The summed E-state index contributed by atoms with van der Waals surface area (Å²) in [6, 6.07) is 3.27. The number of anilines is 1. The molecular weight excluding hydrogens is 224 g/mol. The Balaban J connectivity index is 2.23. The maximum absolute atomic E-state index is 11.3. The quantitative estimate of drug-likeness (QED) is 0.786. The Morgan fingerprint density at radius 2 is 2.35 bits per heavy atom. The summed E-state index contributed by atoms with van der Waals surface area (Å²) < 4.78 is 9.62. The summed E-state index contributed by atoms with van der Waals surface area (Å²) in [6.45, 7) is 1.95. The van der Waals surface area contributed by atoms with Crippen molar-refractivity contribution >= 4 is 11.7 Å². The van der Waals surface area contributed by atoms with Gasteiger partial charge in [-0.3, -0.25) is 0 Å². The molecule has 2 aromatic heterocycles. The van der Waals surface area contributed by atoms with E-state index in [-0.39, 0.29) is 18.3 Å². The fraction of sp³-hybridized carbons (Fsp3) is 0.200. The highest BCUT2D eigenvalue weighted by Gasteiger charge is 2.16. The molecule has 0 radical (unpaired) electrons. The summed E-state index contributed by atoms with van der Waals surface area (Å²) in [7, 11) is 0. The van der Waals surface area contributed by atoms with Crippen molar-refractivity contribution in [1.29, 1.82) is 0 Å². The Morgan fingerprint density at radius 3 is 3.00 bits per heavy atom. The molecule has 2 aromatic rings. The lowest BCUT2D eigenvalue weighted by Crippen LogP contribution is -2.06. The van der Waals surface area contributed by atoms with Crippen LogP contribution in [0, 0.1) is 0 Å². The van der Waals surface area contributed by atoms with Gasteiger partial charge in [0.2, 0.25) is 0 Å². The molecule has 0 atom stereocenters. The molecule has 0 saturated heterocycles. The van der Waals surface area contributed by atoms with Crippen LogP contribution in [-0.4, -0.2) is 27.7 Å². The lowest BCUT2D eigenvalue weighted by atomic mass is 10.3. The van der Waals surface area contributed by atoms with Crippen molar-refractivity contribution in [3.8, 4) is 11.6 Å². The fourth-order valence-electron chi connectivity index (χ4n) is 1.14. The van der Waals surface area contributed by atoms with Gasteiger partial charge in [0.25, 0.3) is 11.7 Å². The second-order valence-electron chi connectivity index (χ2n) is 3.12. The highest BCUT2D eigenvalue weighted by molar-refractivity contribution is 5.85. The zero-order valence-electron chi connectivity index (χ0n) is 9.08. The number of carbonyl (C=O) groups excluding carboxylic acids is 1. The zero-order valence-corrected chi connectivity index (χ0v) is 9.08. The minimum atomic E-state index is -0.627. The Labute approximate surface area is 96.6 Å². The van der Waals surface area contributed by atoms with Crippen molar-refractivity contribution < 1.29 is 14.1 Å². The molecule has 2 heterocycles. The molecule has 17 heavy (non-hydrogen) atoms. The highest BCUT2D eigenvalue weighted by atomic mass is 16.5. The molecule has 0 aliphatic rings. The van der Waals surface area contributed by atoms with E-state index in [1.54, 1.807) is 19.1 Å². The van der Waals surface area contributed by atoms with Gasteiger partial charge in [-0.1, -0.05) is 0 Å². The Morgan fingerprint density at radius 1 is 1.53 bits per heavy atom. The Kier molecular flexibility index (Phi) is 2.99. The van der Waals surface area contributed by atoms with Gasteiger partial charge in [-0.15, -0.1) is 0 Å². The predicted octanol–water partition coefficient (Wildman–Crippen LogP) is 0.891. The largest absolute Gasteiger partial charge is 0.460 e. The van der Waals surface area contributed by atoms with Crippen molar-refractivity contribution in [3.63, 3.8) is 0 Å². The number of nitrogens with two attached hydrogens (primary N) is 1. The summed E-state index contributed by atoms with van der Waals surface area (Å²) >= 11 is 0. The second-order valence-corrected chi connectivity index (χ2v) is 3.12. The first-order chi connectivity index (χ1) is 8.20. The minimum Gasteiger partial charge on any atom is -0.460 e. The average Bonchev–Trinajstić information content (AvgIpc) is 2.80. The van der Waals surface area contributed by atoms with Gasteiger partial charge in [0, 0.05) is 0 Å². The van der Waals surface area contributed by atoms with E-state index in [4.69, 9.17) is 15.0 Å². The molecule has 88 valence electrons. The Bertz CT molecular complexity index is 521. The summed E-state index contributed by atoms with van der Waals surface area (Å²) in [6.07, 6.45) is 1.46. The number of esters is 1. The van der Waals surface area contributed by atoms with Crippen LogP contribution in [0.25, 0.3) is 11.6 Å². The van der Waals surface area contributed by atoms with Crippen LogP contribution in [0.3, 0.4) is 0 Å². The molecular formula is C10H10N4O3. The van der Waals surface area contributed by atoms with E-state index in [1.165, 1.54) is 6.20 Å². The standard InChI is InChI=1S/C10H10N4O3/c1-2-16-10(15)8-13-9(17-14-8)7-4-3-6(11)5-12-7/h3-5H,2,11H2,1H3. The molecule has 0 fully saturated rings. The number of pyridine rings is 1. The number of nitrogens with zero attached hydrogens (tertiary/aromatic N) is 3. The zero-order chi connectivity index (χ0) is 12.3. The van der Waals surface area contributed by atoms with Crippen molar-refractivity contribution in [1.82, 2.24) is 15.1 Å². The van der Waals surface area contributed by atoms with Gasteiger partial charge in [0.15, 0.2) is 0 Å². The van der Waals surface area contributed by atoms with E-state index in [9.17, 15) is 4.79 Å². The molecule has 2 N–H and O–H groups in total. The first-order valence-corrected chi connectivity index (χ1v) is 4.93. The van der Waals surface area contributed by atoms with E-state index in [0.717, 1.165) is 0 Å². The summed E-state index contributed by atoms with van der Waals surface area (Å²) in [5.74, 6) is -0.605. The number of hydrogen-bond donors (Lipinski definition) is 1. The summed E-state index contributed by atoms with van der Waals surface area (Å²) in [5.41, 5.74) is 6.47. The van der Waals surface area contributed by atoms with Crippen LogP contribution < -0.4 is 5.73 Å². The molecule has 7 nitrogen and oxygen atoms in total. The predicted molar refractivity (Wildman–Crippen MR) is 57.9 cm³/mol. The van der Waals surface area contributed by atoms with Crippen LogP contribution in [0.4, 0.5) is 5.69 Å². The first kappa shape index (κ1) is 11.1. The number of hydrogen-bond acceptors (Lipinski definition) is 7. The molecule has 7 heteroatoms. The highest BCUT2D eigenvalue weighted by Crippen LogP contribution is 2.15. The van der Waals surface area contributed by atoms with E-state index in [1.807, 2.05) is 0 Å². The maximum atomic E-state index is 11.3. The smallest absolute Gasteiger partial charge is 0.379 e. The van der Waals surface area contributed by atoms with Crippen LogP contribution >= 0.6 is 0 Å². The van der Waals surface area contributed by atoms with Gasteiger partial charge in [-0.05, 0) is 24.2 Å². The molecule has 0 aromatic carbocycles. The van der Waals surface area contributed by atoms with Gasteiger partial charge >= 0.3 is 5.97 Å². The first-order valence-electron chi connectivity index (χ1n) is 4.93. The van der Waals surface area contributed by atoms with E-state index < -0.39 is 5.97 Å². The van der Waals surface area contributed by atoms with Crippen LogP contribution in [-0.2, 0) is 4.74 Å². The number of rotatable bonds is 3. The minimum absolute atomic E-state index is 0.125. The lowest BCUT2D eigenvalue weighted by Gasteiger charge is -1.94. The third-order valence-electron chi connectivity index (χ3n) is 1.89. The number of aromatic nitrogens is 3. The molecule has 0 aliphatic carbocycles. The fourth-order valence-corrected chi connectivity index (χ4v) is 1.14.